The standard InChI is InChI=1S/C14H15F2N3OS.ClH/c1-8(9-3-4-10(15)11(16)5-9)19(2)14(20)12-7-21-13(6-17)18-12;/h3-5,7-8H,6,17H2,1-2H3;1H. The Morgan fingerprint density at radius 3 is 2.64 bits per heavy atom. The van der Waals surface area contributed by atoms with Crippen LogP contribution in [-0.2, 0) is 6.54 Å². The second kappa shape index (κ2) is 7.62. The maximum atomic E-state index is 13.3. The van der Waals surface area contributed by atoms with Crippen LogP contribution in [0.5, 0.6) is 0 Å². The molecule has 2 aromatic rings. The summed E-state index contributed by atoms with van der Waals surface area (Å²) in [5.41, 5.74) is 6.28. The highest BCUT2D eigenvalue weighted by molar-refractivity contribution is 7.09. The first-order valence-corrected chi connectivity index (χ1v) is 7.18. The van der Waals surface area contributed by atoms with Crippen molar-refractivity contribution in [3.63, 3.8) is 0 Å². The van der Waals surface area contributed by atoms with Gasteiger partial charge in [-0.05, 0) is 24.6 Å². The lowest BCUT2D eigenvalue weighted by Gasteiger charge is -2.24. The number of amides is 1. The van der Waals surface area contributed by atoms with Gasteiger partial charge in [0.1, 0.15) is 10.7 Å². The maximum absolute atomic E-state index is 13.3. The molecule has 22 heavy (non-hydrogen) atoms. The summed E-state index contributed by atoms with van der Waals surface area (Å²) in [6, 6.07) is 3.19. The van der Waals surface area contributed by atoms with Gasteiger partial charge in [-0.15, -0.1) is 23.7 Å². The van der Waals surface area contributed by atoms with E-state index >= 15 is 0 Å². The molecule has 0 bridgehead atoms. The van der Waals surface area contributed by atoms with E-state index < -0.39 is 17.7 Å². The topological polar surface area (TPSA) is 59.2 Å². The number of carbonyl (C=O) groups excluding carboxylic acids is 1. The fraction of sp³-hybridized carbons (Fsp3) is 0.286. The molecule has 8 heteroatoms. The number of benzene rings is 1. The molecule has 0 aliphatic heterocycles. The Morgan fingerprint density at radius 1 is 1.41 bits per heavy atom. The van der Waals surface area contributed by atoms with Crippen LogP contribution < -0.4 is 5.73 Å². The Labute approximate surface area is 137 Å². The van der Waals surface area contributed by atoms with Gasteiger partial charge in [-0.2, -0.15) is 0 Å². The van der Waals surface area contributed by atoms with Gasteiger partial charge in [-0.1, -0.05) is 6.07 Å². The monoisotopic (exact) mass is 347 g/mol. The van der Waals surface area contributed by atoms with Crippen LogP contribution in [0.1, 0.15) is 34.0 Å². The zero-order valence-corrected chi connectivity index (χ0v) is 13.7. The van der Waals surface area contributed by atoms with E-state index in [-0.39, 0.29) is 24.9 Å². The lowest BCUT2D eigenvalue weighted by Crippen LogP contribution is -2.30. The number of thiazole rings is 1. The zero-order valence-electron chi connectivity index (χ0n) is 12.0. The van der Waals surface area contributed by atoms with Gasteiger partial charge in [0.25, 0.3) is 5.91 Å². The first kappa shape index (κ1) is 18.5. The average molecular weight is 348 g/mol. The third kappa shape index (κ3) is 3.79. The van der Waals surface area contributed by atoms with E-state index in [1.54, 1.807) is 19.4 Å². The summed E-state index contributed by atoms with van der Waals surface area (Å²) in [4.78, 5) is 17.9. The lowest BCUT2D eigenvalue weighted by molar-refractivity contribution is 0.0737. The van der Waals surface area contributed by atoms with E-state index in [4.69, 9.17) is 5.73 Å². The van der Waals surface area contributed by atoms with E-state index in [0.717, 1.165) is 12.1 Å². The summed E-state index contributed by atoms with van der Waals surface area (Å²) < 4.78 is 26.2. The average Bonchev–Trinajstić information content (AvgIpc) is 2.96. The van der Waals surface area contributed by atoms with Crippen LogP contribution in [0.4, 0.5) is 8.78 Å². The molecule has 0 saturated carbocycles. The summed E-state index contributed by atoms with van der Waals surface area (Å²) in [5.74, 6) is -2.13. The fourth-order valence-corrected chi connectivity index (χ4v) is 2.50. The van der Waals surface area contributed by atoms with Gasteiger partial charge < -0.3 is 10.6 Å². The van der Waals surface area contributed by atoms with Crippen molar-refractivity contribution in [1.29, 1.82) is 0 Å². The smallest absolute Gasteiger partial charge is 0.273 e. The zero-order chi connectivity index (χ0) is 15.6. The molecule has 1 amide bonds. The van der Waals surface area contributed by atoms with Gasteiger partial charge in [0.15, 0.2) is 11.6 Å². The van der Waals surface area contributed by atoms with Crippen LogP contribution in [0.15, 0.2) is 23.6 Å². The fourth-order valence-electron chi connectivity index (χ4n) is 1.86. The Bertz CT molecular complexity index is 665. The molecule has 4 nitrogen and oxygen atoms in total. The van der Waals surface area contributed by atoms with Crippen molar-refractivity contribution in [2.24, 2.45) is 5.73 Å². The minimum atomic E-state index is -0.931. The number of nitrogens with zero attached hydrogens (tertiary/aromatic N) is 2. The number of hydrogen-bond acceptors (Lipinski definition) is 4. The Kier molecular flexibility index (Phi) is 6.40. The molecule has 1 heterocycles. The third-order valence-electron chi connectivity index (χ3n) is 3.27. The summed E-state index contributed by atoms with van der Waals surface area (Å²) >= 11 is 1.31. The maximum Gasteiger partial charge on any atom is 0.273 e. The molecular weight excluding hydrogens is 332 g/mol. The number of aromatic nitrogens is 1. The molecule has 1 aromatic heterocycles. The van der Waals surface area contributed by atoms with Crippen molar-refractivity contribution in [2.75, 3.05) is 7.05 Å². The molecule has 120 valence electrons. The predicted octanol–water partition coefficient (Wildman–Crippen LogP) is 3.14. The van der Waals surface area contributed by atoms with E-state index in [0.29, 0.717) is 16.3 Å². The molecule has 0 fully saturated rings. The van der Waals surface area contributed by atoms with Crippen molar-refractivity contribution in [1.82, 2.24) is 9.88 Å². The van der Waals surface area contributed by atoms with Crippen LogP contribution in [0.3, 0.4) is 0 Å². The molecule has 2 N–H and O–H groups in total. The Morgan fingerprint density at radius 2 is 2.09 bits per heavy atom. The highest BCUT2D eigenvalue weighted by atomic mass is 35.5. The van der Waals surface area contributed by atoms with Crippen molar-refractivity contribution >= 4 is 29.7 Å². The molecule has 1 aromatic carbocycles. The van der Waals surface area contributed by atoms with E-state index in [1.807, 2.05) is 0 Å². The molecule has 0 aliphatic rings. The Hall–Kier alpha value is -1.57. The minimum Gasteiger partial charge on any atom is -0.334 e. The highest BCUT2D eigenvalue weighted by Gasteiger charge is 2.21. The number of nitrogens with two attached hydrogens (primary N) is 1. The quantitative estimate of drug-likeness (QED) is 0.924. The van der Waals surface area contributed by atoms with Crippen molar-refractivity contribution in [2.45, 2.75) is 19.5 Å². The molecule has 0 spiro atoms. The van der Waals surface area contributed by atoms with Gasteiger partial charge >= 0.3 is 0 Å². The molecule has 1 unspecified atom stereocenters. The lowest BCUT2D eigenvalue weighted by atomic mass is 10.1. The summed E-state index contributed by atoms with van der Waals surface area (Å²) in [6.07, 6.45) is 0. The largest absolute Gasteiger partial charge is 0.334 e. The van der Waals surface area contributed by atoms with Crippen molar-refractivity contribution in [3.8, 4) is 0 Å². The van der Waals surface area contributed by atoms with E-state index in [9.17, 15) is 13.6 Å². The predicted molar refractivity (Wildman–Crippen MR) is 84.1 cm³/mol. The number of carbonyl (C=O) groups is 1. The minimum absolute atomic E-state index is 0. The number of hydrogen-bond donors (Lipinski definition) is 1. The first-order valence-electron chi connectivity index (χ1n) is 6.30. The van der Waals surface area contributed by atoms with Crippen LogP contribution in [0.25, 0.3) is 0 Å². The van der Waals surface area contributed by atoms with Crippen molar-refractivity contribution < 1.29 is 13.6 Å². The third-order valence-corrected chi connectivity index (χ3v) is 4.14. The number of halogens is 3. The van der Waals surface area contributed by atoms with E-state index in [2.05, 4.69) is 4.98 Å². The normalized spacial score (nSPS) is 11.7. The highest BCUT2D eigenvalue weighted by Crippen LogP contribution is 2.23. The van der Waals surface area contributed by atoms with Crippen LogP contribution in [-0.4, -0.2) is 22.8 Å². The second-order valence-electron chi connectivity index (χ2n) is 4.60. The second-order valence-corrected chi connectivity index (χ2v) is 5.54. The van der Waals surface area contributed by atoms with E-state index in [1.165, 1.54) is 22.3 Å². The molecule has 0 saturated heterocycles. The van der Waals surface area contributed by atoms with Crippen molar-refractivity contribution in [3.05, 3.63) is 51.5 Å². The van der Waals surface area contributed by atoms with Gasteiger partial charge in [0, 0.05) is 19.0 Å². The molecule has 2 rings (SSSR count). The molecule has 0 aliphatic carbocycles. The van der Waals surface area contributed by atoms with Gasteiger partial charge in [0.2, 0.25) is 0 Å². The Balaban J connectivity index is 0.00000242. The van der Waals surface area contributed by atoms with Crippen LogP contribution in [0, 0.1) is 11.6 Å². The van der Waals surface area contributed by atoms with Crippen LogP contribution in [0.2, 0.25) is 0 Å². The SMILES string of the molecule is CC(c1ccc(F)c(F)c1)N(C)C(=O)c1csc(CN)n1.Cl. The molecule has 0 radical (unpaired) electrons. The van der Waals surface area contributed by atoms with Crippen LogP contribution >= 0.6 is 23.7 Å². The molecule has 1 atom stereocenters. The summed E-state index contributed by atoms with van der Waals surface area (Å²) in [7, 11) is 1.59. The number of rotatable bonds is 4. The van der Waals surface area contributed by atoms with Gasteiger partial charge in [-0.25, -0.2) is 13.8 Å². The summed E-state index contributed by atoms with van der Waals surface area (Å²) in [5, 5.41) is 2.31. The molecular formula is C14H16ClF2N3OS. The summed E-state index contributed by atoms with van der Waals surface area (Å²) in [6.45, 7) is 2.02. The van der Waals surface area contributed by atoms with Gasteiger partial charge in [0.05, 0.1) is 6.04 Å². The van der Waals surface area contributed by atoms with Gasteiger partial charge in [-0.3, -0.25) is 4.79 Å². The first-order chi connectivity index (χ1) is 9.93.